The lowest BCUT2D eigenvalue weighted by Gasteiger charge is -2.24. The van der Waals surface area contributed by atoms with Gasteiger partial charge in [-0.05, 0) is 18.2 Å². The van der Waals surface area contributed by atoms with E-state index in [2.05, 4.69) is 15.9 Å². The molecule has 2 rings (SSSR count). The number of hydrogen-bond acceptors (Lipinski definition) is 5. The van der Waals surface area contributed by atoms with E-state index in [-0.39, 0.29) is 16.8 Å². The molecule has 0 aliphatic carbocycles. The molecule has 2 aromatic rings. The molecule has 0 aromatic heterocycles. The molecule has 0 saturated heterocycles. The van der Waals surface area contributed by atoms with Crippen molar-refractivity contribution in [1.29, 1.82) is 0 Å². The van der Waals surface area contributed by atoms with Gasteiger partial charge in [0.15, 0.2) is 0 Å². The molecule has 26 heavy (non-hydrogen) atoms. The summed E-state index contributed by atoms with van der Waals surface area (Å²) in [5.74, 6) is 0. The van der Waals surface area contributed by atoms with Crippen LogP contribution in [0.4, 0.5) is 35.9 Å². The minimum absolute atomic E-state index is 0.0302. The summed E-state index contributed by atoms with van der Waals surface area (Å²) in [5.41, 5.74) is -4.41. The zero-order valence-electron chi connectivity index (χ0n) is 12.8. The van der Waals surface area contributed by atoms with Crippen LogP contribution >= 0.6 is 27.5 Å². The third kappa shape index (κ3) is 3.88. The highest BCUT2D eigenvalue weighted by Crippen LogP contribution is 2.47. The van der Waals surface area contributed by atoms with Gasteiger partial charge in [0.1, 0.15) is 5.69 Å². The zero-order chi connectivity index (χ0) is 19.8. The minimum Gasteiger partial charge on any atom is -0.337 e. The molecule has 138 valence electrons. The molecule has 0 radical (unpaired) electrons. The fourth-order valence-electron chi connectivity index (χ4n) is 2.29. The van der Waals surface area contributed by atoms with Crippen molar-refractivity contribution in [2.75, 3.05) is 11.9 Å². The van der Waals surface area contributed by atoms with Crippen molar-refractivity contribution in [3.8, 4) is 0 Å². The second kappa shape index (κ2) is 7.08. The molecule has 0 atom stereocenters. The van der Waals surface area contributed by atoms with Crippen molar-refractivity contribution in [1.82, 2.24) is 0 Å². The summed E-state index contributed by atoms with van der Waals surface area (Å²) in [6, 6.07) is 4.98. The number of nitro groups is 2. The van der Waals surface area contributed by atoms with Crippen molar-refractivity contribution < 1.29 is 23.0 Å². The Hall–Kier alpha value is -2.40. The van der Waals surface area contributed by atoms with Crippen molar-refractivity contribution in [2.24, 2.45) is 0 Å². The third-order valence-electron chi connectivity index (χ3n) is 3.39. The van der Waals surface area contributed by atoms with Gasteiger partial charge in [0.2, 0.25) is 0 Å². The first kappa shape index (κ1) is 19.9. The largest absolute Gasteiger partial charge is 0.418 e. The van der Waals surface area contributed by atoms with Gasteiger partial charge >= 0.3 is 6.18 Å². The molecule has 0 bridgehead atoms. The Morgan fingerprint density at radius 2 is 1.73 bits per heavy atom. The van der Waals surface area contributed by atoms with Crippen molar-refractivity contribution in [3.05, 3.63) is 65.6 Å². The first-order valence-corrected chi connectivity index (χ1v) is 7.83. The quantitative estimate of drug-likeness (QED) is 0.436. The van der Waals surface area contributed by atoms with Crippen LogP contribution in [0.15, 0.2) is 34.8 Å². The summed E-state index contributed by atoms with van der Waals surface area (Å²) < 4.78 is 40.9. The predicted molar refractivity (Wildman–Crippen MR) is 92.0 cm³/mol. The monoisotopic (exact) mass is 453 g/mol. The first-order valence-electron chi connectivity index (χ1n) is 6.66. The molecule has 0 amide bonds. The normalized spacial score (nSPS) is 11.3. The summed E-state index contributed by atoms with van der Waals surface area (Å²) in [6.07, 6.45) is -5.07. The number of alkyl halides is 3. The van der Waals surface area contributed by atoms with Crippen LogP contribution in [0, 0.1) is 20.2 Å². The second-order valence-electron chi connectivity index (χ2n) is 5.03. The van der Waals surface area contributed by atoms with E-state index in [1.54, 1.807) is 0 Å². The summed E-state index contributed by atoms with van der Waals surface area (Å²) >= 11 is 9.17. The summed E-state index contributed by atoms with van der Waals surface area (Å²) in [5, 5.41) is 22.2. The number of hydrogen-bond donors (Lipinski definition) is 0. The summed E-state index contributed by atoms with van der Waals surface area (Å²) in [6.45, 7) is 0. The van der Waals surface area contributed by atoms with Gasteiger partial charge in [-0.3, -0.25) is 20.2 Å². The van der Waals surface area contributed by atoms with E-state index in [1.807, 2.05) is 0 Å². The standard InChI is InChI=1S/C14H8BrClF3N3O4/c1-20(11-3-2-7(15)4-10(11)16)13-9(14(17,18)19)5-8(21(23)24)6-12(13)22(25)26/h2-6H,1H3. The van der Waals surface area contributed by atoms with Crippen molar-refractivity contribution in [3.63, 3.8) is 0 Å². The van der Waals surface area contributed by atoms with E-state index >= 15 is 0 Å². The maximum atomic E-state index is 13.5. The van der Waals surface area contributed by atoms with Crippen LogP contribution in [-0.4, -0.2) is 16.9 Å². The fourth-order valence-corrected chi connectivity index (χ4v) is 3.09. The van der Waals surface area contributed by atoms with Gasteiger partial charge in [0.05, 0.1) is 32.2 Å². The van der Waals surface area contributed by atoms with Crippen LogP contribution < -0.4 is 4.90 Å². The molecular weight excluding hydrogens is 447 g/mol. The molecule has 0 aliphatic rings. The van der Waals surface area contributed by atoms with Gasteiger partial charge in [0.25, 0.3) is 11.4 Å². The minimum atomic E-state index is -5.07. The van der Waals surface area contributed by atoms with E-state index in [1.165, 1.54) is 18.2 Å². The SMILES string of the molecule is CN(c1ccc(Br)cc1Cl)c1c([N+](=O)[O-])cc([N+](=O)[O-])cc1C(F)(F)F. The van der Waals surface area contributed by atoms with E-state index < -0.39 is 38.6 Å². The Labute approximate surface area is 157 Å². The molecule has 2 aromatic carbocycles. The number of nitro benzene ring substituents is 2. The lowest BCUT2D eigenvalue weighted by atomic mass is 10.1. The van der Waals surface area contributed by atoms with Crippen molar-refractivity contribution >= 4 is 50.3 Å². The van der Waals surface area contributed by atoms with E-state index in [0.29, 0.717) is 10.5 Å². The van der Waals surface area contributed by atoms with Gasteiger partial charge in [-0.25, -0.2) is 0 Å². The molecule has 0 unspecified atom stereocenters. The molecule has 7 nitrogen and oxygen atoms in total. The maximum absolute atomic E-state index is 13.5. The topological polar surface area (TPSA) is 89.5 Å². The van der Waals surface area contributed by atoms with Gasteiger partial charge in [0, 0.05) is 17.6 Å². The number of non-ortho nitro benzene ring substituents is 1. The Morgan fingerprint density at radius 1 is 1.12 bits per heavy atom. The number of halogens is 5. The molecule has 0 aliphatic heterocycles. The summed E-state index contributed by atoms with van der Waals surface area (Å²) in [7, 11) is 1.15. The number of anilines is 2. The van der Waals surface area contributed by atoms with E-state index in [4.69, 9.17) is 11.6 Å². The van der Waals surface area contributed by atoms with Gasteiger partial charge < -0.3 is 4.90 Å². The van der Waals surface area contributed by atoms with Crippen LogP contribution in [0.2, 0.25) is 5.02 Å². The van der Waals surface area contributed by atoms with Crippen LogP contribution in [0.5, 0.6) is 0 Å². The molecule has 0 heterocycles. The lowest BCUT2D eigenvalue weighted by molar-refractivity contribution is -0.394. The molecular formula is C14H8BrClF3N3O4. The highest BCUT2D eigenvalue weighted by atomic mass is 79.9. The highest BCUT2D eigenvalue weighted by molar-refractivity contribution is 9.10. The smallest absolute Gasteiger partial charge is 0.337 e. The predicted octanol–water partition coefficient (Wildman–Crippen LogP) is 5.71. The molecule has 0 N–H and O–H groups in total. The van der Waals surface area contributed by atoms with Crippen LogP contribution in [0.1, 0.15) is 5.56 Å². The van der Waals surface area contributed by atoms with E-state index in [9.17, 15) is 33.4 Å². The number of rotatable bonds is 4. The Morgan fingerprint density at radius 3 is 2.19 bits per heavy atom. The highest BCUT2D eigenvalue weighted by Gasteiger charge is 2.41. The van der Waals surface area contributed by atoms with Gasteiger partial charge in [-0.2, -0.15) is 13.2 Å². The van der Waals surface area contributed by atoms with Crippen LogP contribution in [0.3, 0.4) is 0 Å². The molecule has 12 heteroatoms. The molecule has 0 saturated carbocycles. The molecule has 0 spiro atoms. The average Bonchev–Trinajstić information content (AvgIpc) is 2.52. The fraction of sp³-hybridized carbons (Fsp3) is 0.143. The Bertz CT molecular complexity index is 908. The maximum Gasteiger partial charge on any atom is 0.418 e. The zero-order valence-corrected chi connectivity index (χ0v) is 15.1. The second-order valence-corrected chi connectivity index (χ2v) is 6.35. The number of nitrogens with zero attached hydrogens (tertiary/aromatic N) is 3. The Balaban J connectivity index is 2.84. The van der Waals surface area contributed by atoms with Crippen molar-refractivity contribution in [2.45, 2.75) is 6.18 Å². The first-order chi connectivity index (χ1) is 11.9. The summed E-state index contributed by atoms with van der Waals surface area (Å²) in [4.78, 5) is 20.8. The van der Waals surface area contributed by atoms with E-state index in [0.717, 1.165) is 11.9 Å². The van der Waals surface area contributed by atoms with Gasteiger partial charge in [-0.15, -0.1) is 0 Å². The van der Waals surface area contributed by atoms with Gasteiger partial charge in [-0.1, -0.05) is 27.5 Å². The Kier molecular flexibility index (Phi) is 5.42. The number of benzene rings is 2. The van der Waals surface area contributed by atoms with Crippen LogP contribution in [-0.2, 0) is 6.18 Å². The lowest BCUT2D eigenvalue weighted by Crippen LogP contribution is -2.19. The molecule has 0 fully saturated rings. The average molecular weight is 455 g/mol. The third-order valence-corrected chi connectivity index (χ3v) is 4.19. The van der Waals surface area contributed by atoms with Crippen LogP contribution in [0.25, 0.3) is 0 Å².